The van der Waals surface area contributed by atoms with Crippen LogP contribution in [0.1, 0.15) is 46.5 Å². The number of nitrogens with zero attached hydrogens (tertiary/aromatic N) is 2. The van der Waals surface area contributed by atoms with Crippen molar-refractivity contribution in [3.8, 4) is 17.3 Å². The number of fused-ring (bicyclic) bond motifs is 1. The first-order chi connectivity index (χ1) is 15.4. The van der Waals surface area contributed by atoms with Gasteiger partial charge in [-0.05, 0) is 75.3 Å². The SMILES string of the molecule is CC(C)(C)OC(=O)NCC1CCC(Oc2nccc(-c3ccc4ccccc4c3)n2)CC1. The molecule has 6 nitrogen and oxygen atoms in total. The molecule has 4 rings (SSSR count). The van der Waals surface area contributed by atoms with Crippen LogP contribution < -0.4 is 10.1 Å². The Morgan fingerprint density at radius 1 is 1.03 bits per heavy atom. The number of carbonyl (C=O) groups excluding carboxylic acids is 1. The minimum absolute atomic E-state index is 0.0969. The Kier molecular flexibility index (Phi) is 6.58. The maximum Gasteiger partial charge on any atom is 0.407 e. The molecule has 0 saturated heterocycles. The number of amides is 1. The number of alkyl carbamates (subject to hydrolysis) is 1. The standard InChI is InChI=1S/C26H31N3O3/c1-26(2,3)32-25(30)28-17-18-8-12-22(13-9-18)31-24-27-15-14-23(29-24)21-11-10-19-6-4-5-7-20(19)16-21/h4-7,10-11,14-16,18,22H,8-9,12-13,17H2,1-3H3,(H,28,30). The average Bonchev–Trinajstić information content (AvgIpc) is 2.77. The van der Waals surface area contributed by atoms with E-state index in [9.17, 15) is 4.79 Å². The van der Waals surface area contributed by atoms with E-state index in [0.717, 1.165) is 36.9 Å². The number of benzene rings is 2. The molecule has 1 aromatic heterocycles. The third-order valence-corrected chi connectivity index (χ3v) is 5.68. The second-order valence-corrected chi connectivity index (χ2v) is 9.43. The second kappa shape index (κ2) is 9.55. The van der Waals surface area contributed by atoms with Crippen molar-refractivity contribution in [3.63, 3.8) is 0 Å². The Morgan fingerprint density at radius 3 is 2.53 bits per heavy atom. The van der Waals surface area contributed by atoms with Crippen LogP contribution in [0.5, 0.6) is 6.01 Å². The Labute approximate surface area is 189 Å². The van der Waals surface area contributed by atoms with Crippen molar-refractivity contribution in [2.75, 3.05) is 6.54 Å². The first kappa shape index (κ1) is 22.1. The van der Waals surface area contributed by atoms with Gasteiger partial charge in [0.1, 0.15) is 11.7 Å². The van der Waals surface area contributed by atoms with Gasteiger partial charge in [-0.2, -0.15) is 4.98 Å². The zero-order chi connectivity index (χ0) is 22.6. The van der Waals surface area contributed by atoms with E-state index in [0.29, 0.717) is 18.5 Å². The van der Waals surface area contributed by atoms with E-state index in [4.69, 9.17) is 9.47 Å². The average molecular weight is 434 g/mol. The number of hydrogen-bond donors (Lipinski definition) is 1. The van der Waals surface area contributed by atoms with Crippen LogP contribution in [0.15, 0.2) is 54.7 Å². The molecule has 1 aliphatic carbocycles. The molecule has 1 heterocycles. The van der Waals surface area contributed by atoms with E-state index in [1.807, 2.05) is 39.0 Å². The van der Waals surface area contributed by atoms with Crippen LogP contribution in [0.3, 0.4) is 0 Å². The van der Waals surface area contributed by atoms with E-state index in [-0.39, 0.29) is 12.2 Å². The topological polar surface area (TPSA) is 73.3 Å². The molecule has 6 heteroatoms. The largest absolute Gasteiger partial charge is 0.460 e. The number of hydrogen-bond acceptors (Lipinski definition) is 5. The number of ether oxygens (including phenoxy) is 2. The molecular formula is C26H31N3O3. The lowest BCUT2D eigenvalue weighted by molar-refractivity contribution is 0.0507. The highest BCUT2D eigenvalue weighted by Crippen LogP contribution is 2.28. The lowest BCUT2D eigenvalue weighted by Crippen LogP contribution is -2.37. The normalized spacial score (nSPS) is 18.8. The quantitative estimate of drug-likeness (QED) is 0.554. The predicted octanol–water partition coefficient (Wildman–Crippen LogP) is 5.76. The third kappa shape index (κ3) is 5.96. The Bertz CT molecular complexity index is 1070. The van der Waals surface area contributed by atoms with Crippen LogP contribution in [0.2, 0.25) is 0 Å². The summed E-state index contributed by atoms with van der Waals surface area (Å²) in [4.78, 5) is 20.8. The monoisotopic (exact) mass is 433 g/mol. The fourth-order valence-electron chi connectivity index (χ4n) is 4.05. The Hall–Kier alpha value is -3.15. The molecule has 0 unspecified atom stereocenters. The molecule has 3 aromatic rings. The summed E-state index contributed by atoms with van der Waals surface area (Å²) in [7, 11) is 0. The van der Waals surface area contributed by atoms with Gasteiger partial charge >= 0.3 is 12.1 Å². The summed E-state index contributed by atoms with van der Waals surface area (Å²) in [6.45, 7) is 6.24. The van der Waals surface area contributed by atoms with Crippen LogP contribution in [0.4, 0.5) is 4.79 Å². The summed E-state index contributed by atoms with van der Waals surface area (Å²) >= 11 is 0. The first-order valence-corrected chi connectivity index (χ1v) is 11.3. The molecular weight excluding hydrogens is 402 g/mol. The van der Waals surface area contributed by atoms with Gasteiger partial charge < -0.3 is 14.8 Å². The first-order valence-electron chi connectivity index (χ1n) is 11.3. The maximum absolute atomic E-state index is 11.9. The van der Waals surface area contributed by atoms with Crippen LogP contribution in [0, 0.1) is 5.92 Å². The summed E-state index contributed by atoms with van der Waals surface area (Å²) in [5, 5.41) is 5.28. The van der Waals surface area contributed by atoms with Gasteiger partial charge in [0.2, 0.25) is 0 Å². The summed E-state index contributed by atoms with van der Waals surface area (Å²) < 4.78 is 11.4. The highest BCUT2D eigenvalue weighted by molar-refractivity contribution is 5.86. The van der Waals surface area contributed by atoms with Crippen molar-refractivity contribution in [1.82, 2.24) is 15.3 Å². The second-order valence-electron chi connectivity index (χ2n) is 9.43. The van der Waals surface area contributed by atoms with Crippen LogP contribution in [0.25, 0.3) is 22.0 Å². The smallest absolute Gasteiger partial charge is 0.407 e. The van der Waals surface area contributed by atoms with Gasteiger partial charge in [-0.25, -0.2) is 9.78 Å². The lowest BCUT2D eigenvalue weighted by atomic mass is 9.87. The Morgan fingerprint density at radius 2 is 1.78 bits per heavy atom. The van der Waals surface area contributed by atoms with E-state index in [1.54, 1.807) is 6.20 Å². The highest BCUT2D eigenvalue weighted by atomic mass is 16.6. The fraction of sp³-hybridized carbons (Fsp3) is 0.423. The molecule has 0 spiro atoms. The number of nitrogens with one attached hydrogen (secondary N) is 1. The maximum atomic E-state index is 11.9. The minimum atomic E-state index is -0.475. The summed E-state index contributed by atoms with van der Waals surface area (Å²) in [6.07, 6.45) is 5.32. The lowest BCUT2D eigenvalue weighted by Gasteiger charge is -2.28. The number of rotatable bonds is 5. The molecule has 168 valence electrons. The zero-order valence-corrected chi connectivity index (χ0v) is 19.0. The van der Waals surface area contributed by atoms with Gasteiger partial charge in [-0.1, -0.05) is 36.4 Å². The molecule has 1 fully saturated rings. The highest BCUT2D eigenvalue weighted by Gasteiger charge is 2.24. The van der Waals surface area contributed by atoms with Crippen LogP contribution >= 0.6 is 0 Å². The molecule has 1 N–H and O–H groups in total. The van der Waals surface area contributed by atoms with Gasteiger partial charge in [0.25, 0.3) is 0 Å². The summed E-state index contributed by atoms with van der Waals surface area (Å²) in [5.41, 5.74) is 1.43. The van der Waals surface area contributed by atoms with E-state index < -0.39 is 5.60 Å². The molecule has 1 saturated carbocycles. The van der Waals surface area contributed by atoms with Crippen molar-refractivity contribution in [3.05, 3.63) is 54.7 Å². The van der Waals surface area contributed by atoms with E-state index in [2.05, 4.69) is 45.6 Å². The molecule has 0 aliphatic heterocycles. The number of aromatic nitrogens is 2. The summed E-state index contributed by atoms with van der Waals surface area (Å²) in [5.74, 6) is 0.437. The van der Waals surface area contributed by atoms with Gasteiger partial charge in [-0.3, -0.25) is 0 Å². The van der Waals surface area contributed by atoms with Crippen molar-refractivity contribution in [2.45, 2.75) is 58.2 Å². The van der Waals surface area contributed by atoms with E-state index in [1.165, 1.54) is 10.8 Å². The van der Waals surface area contributed by atoms with Gasteiger partial charge in [0.05, 0.1) is 5.69 Å². The summed E-state index contributed by atoms with van der Waals surface area (Å²) in [6, 6.07) is 17.0. The van der Waals surface area contributed by atoms with Crippen molar-refractivity contribution in [2.24, 2.45) is 5.92 Å². The predicted molar refractivity (Wildman–Crippen MR) is 126 cm³/mol. The van der Waals surface area contributed by atoms with Gasteiger partial charge in [0, 0.05) is 18.3 Å². The van der Waals surface area contributed by atoms with Gasteiger partial charge in [0.15, 0.2) is 0 Å². The van der Waals surface area contributed by atoms with Gasteiger partial charge in [-0.15, -0.1) is 0 Å². The molecule has 2 aromatic carbocycles. The Balaban J connectivity index is 1.30. The zero-order valence-electron chi connectivity index (χ0n) is 19.0. The van der Waals surface area contributed by atoms with Crippen LogP contribution in [-0.2, 0) is 4.74 Å². The molecule has 32 heavy (non-hydrogen) atoms. The van der Waals surface area contributed by atoms with Crippen molar-refractivity contribution in [1.29, 1.82) is 0 Å². The fourth-order valence-corrected chi connectivity index (χ4v) is 4.05. The molecule has 1 amide bonds. The van der Waals surface area contributed by atoms with Crippen LogP contribution in [-0.4, -0.2) is 34.3 Å². The van der Waals surface area contributed by atoms with E-state index >= 15 is 0 Å². The molecule has 1 aliphatic rings. The molecule has 0 bridgehead atoms. The minimum Gasteiger partial charge on any atom is -0.460 e. The third-order valence-electron chi connectivity index (χ3n) is 5.68. The molecule has 0 atom stereocenters. The molecule has 0 radical (unpaired) electrons. The number of carbonyl (C=O) groups is 1. The van der Waals surface area contributed by atoms with Crippen molar-refractivity contribution < 1.29 is 14.3 Å². The van der Waals surface area contributed by atoms with Crippen molar-refractivity contribution >= 4 is 16.9 Å².